The molecule has 2 atom stereocenters. The number of urea groups is 1. The molecule has 0 unspecified atom stereocenters. The molecule has 10 heteroatoms. The van der Waals surface area contributed by atoms with Gasteiger partial charge in [-0.15, -0.1) is 0 Å². The van der Waals surface area contributed by atoms with E-state index in [0.29, 0.717) is 49.2 Å². The van der Waals surface area contributed by atoms with E-state index in [1.807, 2.05) is 11.8 Å². The SMILES string of the molecule is C[C@@H]1CN(Cc2ccc(F)cc2)[C@@H](C)CN1C(=O)COc1ccc(Cl)cc1NC(=O)NCCN. The number of carbonyl (C=O) groups excluding carboxylic acids is 2. The molecule has 0 aliphatic carbocycles. The number of nitrogens with one attached hydrogen (secondary N) is 2. The highest BCUT2D eigenvalue weighted by Gasteiger charge is 2.32. The summed E-state index contributed by atoms with van der Waals surface area (Å²) in [6.07, 6.45) is 0. The van der Waals surface area contributed by atoms with Gasteiger partial charge in [-0.2, -0.15) is 0 Å². The summed E-state index contributed by atoms with van der Waals surface area (Å²) in [5.74, 6) is -0.0543. The summed E-state index contributed by atoms with van der Waals surface area (Å²) in [4.78, 5) is 29.1. The van der Waals surface area contributed by atoms with Crippen LogP contribution in [0, 0.1) is 5.82 Å². The lowest BCUT2D eigenvalue weighted by atomic mass is 10.1. The van der Waals surface area contributed by atoms with Crippen molar-refractivity contribution >= 4 is 29.2 Å². The third-order valence-electron chi connectivity index (χ3n) is 5.71. The van der Waals surface area contributed by atoms with Crippen LogP contribution < -0.4 is 21.1 Å². The fourth-order valence-electron chi connectivity index (χ4n) is 3.89. The number of nitrogens with two attached hydrogens (primary N) is 1. The second-order valence-corrected chi connectivity index (χ2v) is 8.84. The van der Waals surface area contributed by atoms with Crippen molar-refractivity contribution in [3.8, 4) is 5.75 Å². The van der Waals surface area contributed by atoms with Crippen LogP contribution >= 0.6 is 11.6 Å². The quantitative estimate of drug-likeness (QED) is 0.527. The molecule has 0 bridgehead atoms. The molecule has 1 saturated heterocycles. The number of rotatable bonds is 8. The monoisotopic (exact) mass is 491 g/mol. The van der Waals surface area contributed by atoms with E-state index in [1.54, 1.807) is 30.3 Å². The van der Waals surface area contributed by atoms with Crippen LogP contribution in [0.4, 0.5) is 14.9 Å². The average Bonchev–Trinajstić information content (AvgIpc) is 2.80. The molecule has 8 nitrogen and oxygen atoms in total. The molecule has 184 valence electrons. The van der Waals surface area contributed by atoms with Gasteiger partial charge < -0.3 is 26.0 Å². The topological polar surface area (TPSA) is 99.9 Å². The van der Waals surface area contributed by atoms with E-state index in [1.165, 1.54) is 12.1 Å². The van der Waals surface area contributed by atoms with Crippen molar-refractivity contribution in [3.05, 3.63) is 58.9 Å². The Kier molecular flexibility index (Phi) is 9.09. The number of amides is 3. The van der Waals surface area contributed by atoms with E-state index in [2.05, 4.69) is 22.5 Å². The fraction of sp³-hybridized carbons (Fsp3) is 0.417. The zero-order chi connectivity index (χ0) is 24.7. The van der Waals surface area contributed by atoms with Crippen molar-refractivity contribution < 1.29 is 18.7 Å². The Balaban J connectivity index is 1.58. The molecule has 0 spiro atoms. The van der Waals surface area contributed by atoms with Gasteiger partial charge in [-0.05, 0) is 49.7 Å². The minimum Gasteiger partial charge on any atom is -0.482 e. The number of hydrogen-bond donors (Lipinski definition) is 3. The van der Waals surface area contributed by atoms with Crippen molar-refractivity contribution in [2.24, 2.45) is 5.73 Å². The van der Waals surface area contributed by atoms with Gasteiger partial charge in [0.2, 0.25) is 0 Å². The third kappa shape index (κ3) is 7.06. The van der Waals surface area contributed by atoms with E-state index >= 15 is 0 Å². The van der Waals surface area contributed by atoms with Gasteiger partial charge in [-0.1, -0.05) is 23.7 Å². The minimum atomic E-state index is -0.441. The van der Waals surface area contributed by atoms with E-state index < -0.39 is 6.03 Å². The molecule has 1 heterocycles. The van der Waals surface area contributed by atoms with E-state index in [-0.39, 0.29) is 30.4 Å². The first kappa shape index (κ1) is 25.7. The highest BCUT2D eigenvalue weighted by Crippen LogP contribution is 2.28. The maximum Gasteiger partial charge on any atom is 0.319 e. The first-order valence-electron chi connectivity index (χ1n) is 11.2. The molecular formula is C24H31ClFN5O3. The van der Waals surface area contributed by atoms with E-state index in [9.17, 15) is 14.0 Å². The summed E-state index contributed by atoms with van der Waals surface area (Å²) >= 11 is 6.06. The second-order valence-electron chi connectivity index (χ2n) is 8.40. The summed E-state index contributed by atoms with van der Waals surface area (Å²) in [7, 11) is 0. The van der Waals surface area contributed by atoms with Gasteiger partial charge in [0, 0.05) is 49.8 Å². The Morgan fingerprint density at radius 3 is 2.59 bits per heavy atom. The lowest BCUT2D eigenvalue weighted by molar-refractivity contribution is -0.139. The molecule has 3 rings (SSSR count). The molecule has 34 heavy (non-hydrogen) atoms. The van der Waals surface area contributed by atoms with Crippen molar-refractivity contribution in [3.63, 3.8) is 0 Å². The molecule has 3 amide bonds. The highest BCUT2D eigenvalue weighted by molar-refractivity contribution is 6.31. The molecular weight excluding hydrogens is 461 g/mol. The van der Waals surface area contributed by atoms with Gasteiger partial charge in [0.25, 0.3) is 5.91 Å². The smallest absolute Gasteiger partial charge is 0.319 e. The van der Waals surface area contributed by atoms with Crippen LogP contribution in [0.3, 0.4) is 0 Å². The molecule has 1 fully saturated rings. The summed E-state index contributed by atoms with van der Waals surface area (Å²) in [6, 6.07) is 11.0. The maximum atomic E-state index is 13.2. The van der Waals surface area contributed by atoms with Crippen LogP contribution in [0.15, 0.2) is 42.5 Å². The first-order chi connectivity index (χ1) is 16.3. The third-order valence-corrected chi connectivity index (χ3v) is 5.94. The normalized spacial score (nSPS) is 18.4. The van der Waals surface area contributed by atoms with Crippen molar-refractivity contribution in [1.29, 1.82) is 0 Å². The van der Waals surface area contributed by atoms with Gasteiger partial charge in [-0.25, -0.2) is 9.18 Å². The Morgan fingerprint density at radius 2 is 1.88 bits per heavy atom. The zero-order valence-corrected chi connectivity index (χ0v) is 20.1. The zero-order valence-electron chi connectivity index (χ0n) is 19.4. The van der Waals surface area contributed by atoms with Crippen LogP contribution in [-0.4, -0.2) is 66.6 Å². The highest BCUT2D eigenvalue weighted by atomic mass is 35.5. The predicted molar refractivity (Wildman–Crippen MR) is 130 cm³/mol. The number of halogens is 2. The first-order valence-corrected chi connectivity index (χ1v) is 11.6. The van der Waals surface area contributed by atoms with Gasteiger partial charge in [0.05, 0.1) is 5.69 Å². The van der Waals surface area contributed by atoms with Gasteiger partial charge in [0.1, 0.15) is 11.6 Å². The van der Waals surface area contributed by atoms with E-state index in [4.69, 9.17) is 22.1 Å². The Hall–Kier alpha value is -2.88. The Bertz CT molecular complexity index is 991. The molecule has 1 aliphatic heterocycles. The number of piperazine rings is 1. The number of benzene rings is 2. The minimum absolute atomic E-state index is 0.0161. The predicted octanol–water partition coefficient (Wildman–Crippen LogP) is 3.06. The molecule has 2 aromatic carbocycles. The molecule has 0 aromatic heterocycles. The van der Waals surface area contributed by atoms with Crippen LogP contribution in [-0.2, 0) is 11.3 Å². The summed E-state index contributed by atoms with van der Waals surface area (Å²) in [6.45, 7) is 6.47. The number of carbonyl (C=O) groups is 2. The van der Waals surface area contributed by atoms with Crippen LogP contribution in [0.1, 0.15) is 19.4 Å². The Morgan fingerprint density at radius 1 is 1.15 bits per heavy atom. The number of ether oxygens (including phenoxy) is 1. The molecule has 0 radical (unpaired) electrons. The summed E-state index contributed by atoms with van der Waals surface area (Å²) in [5.41, 5.74) is 6.79. The van der Waals surface area contributed by atoms with Crippen molar-refractivity contribution in [2.45, 2.75) is 32.5 Å². The number of anilines is 1. The van der Waals surface area contributed by atoms with Gasteiger partial charge in [-0.3, -0.25) is 9.69 Å². The average molecular weight is 492 g/mol. The molecule has 0 saturated carbocycles. The van der Waals surface area contributed by atoms with Crippen molar-refractivity contribution in [1.82, 2.24) is 15.1 Å². The standard InChI is InChI=1S/C24H31ClFN5O3/c1-16-13-31(17(2)12-30(16)14-18-3-6-20(26)7-4-18)23(32)15-34-22-8-5-19(25)11-21(22)29-24(33)28-10-9-27/h3-8,11,16-17H,9-10,12-15,27H2,1-2H3,(H2,28,29,33)/t16-,17+/m0/s1. The lowest BCUT2D eigenvalue weighted by Crippen LogP contribution is -2.58. The lowest BCUT2D eigenvalue weighted by Gasteiger charge is -2.44. The van der Waals surface area contributed by atoms with Crippen LogP contribution in [0.25, 0.3) is 0 Å². The van der Waals surface area contributed by atoms with E-state index in [0.717, 1.165) is 5.56 Å². The van der Waals surface area contributed by atoms with Crippen LogP contribution in [0.5, 0.6) is 5.75 Å². The molecule has 2 aromatic rings. The molecule has 1 aliphatic rings. The fourth-order valence-corrected chi connectivity index (χ4v) is 4.06. The largest absolute Gasteiger partial charge is 0.482 e. The van der Waals surface area contributed by atoms with Crippen molar-refractivity contribution in [2.75, 3.05) is 38.1 Å². The number of hydrogen-bond acceptors (Lipinski definition) is 5. The Labute approximate surface area is 204 Å². The summed E-state index contributed by atoms with van der Waals surface area (Å²) in [5, 5.41) is 5.70. The maximum absolute atomic E-state index is 13.2. The molecule has 4 N–H and O–H groups in total. The van der Waals surface area contributed by atoms with Crippen LogP contribution in [0.2, 0.25) is 5.02 Å². The van der Waals surface area contributed by atoms with Gasteiger partial charge in [0.15, 0.2) is 6.61 Å². The van der Waals surface area contributed by atoms with Gasteiger partial charge >= 0.3 is 6.03 Å². The summed E-state index contributed by atoms with van der Waals surface area (Å²) < 4.78 is 19.0. The second kappa shape index (κ2) is 12.0. The number of nitrogens with zero attached hydrogens (tertiary/aromatic N) is 2.